The number of amides is 1. The van der Waals surface area contributed by atoms with Crippen LogP contribution in [-0.4, -0.2) is 42.9 Å². The summed E-state index contributed by atoms with van der Waals surface area (Å²) in [5, 5.41) is 8.70. The van der Waals surface area contributed by atoms with Crippen LogP contribution in [0.2, 0.25) is 0 Å². The molecule has 2 rings (SSSR count). The molecule has 0 saturated carbocycles. The van der Waals surface area contributed by atoms with Crippen molar-refractivity contribution >= 4 is 39.1 Å². The Morgan fingerprint density at radius 3 is 3.00 bits per heavy atom. The summed E-state index contributed by atoms with van der Waals surface area (Å²) >= 11 is 5.17. The molecule has 1 aromatic rings. The van der Waals surface area contributed by atoms with Gasteiger partial charge in [0.2, 0.25) is 5.91 Å². The second-order valence-corrected chi connectivity index (χ2v) is 7.81. The van der Waals surface area contributed by atoms with Gasteiger partial charge in [-0.05, 0) is 48.2 Å². The summed E-state index contributed by atoms with van der Waals surface area (Å²) in [6, 6.07) is 2.10. The number of nitrogens with zero attached hydrogens (tertiary/aromatic N) is 2. The normalized spacial score (nSPS) is 16.2. The van der Waals surface area contributed by atoms with Gasteiger partial charge in [0, 0.05) is 47.3 Å². The fourth-order valence-electron chi connectivity index (χ4n) is 2.69. The number of carbonyl (C=O) groups is 1. The van der Waals surface area contributed by atoms with Gasteiger partial charge in [-0.15, -0.1) is 11.3 Å². The maximum Gasteiger partial charge on any atom is 0.222 e. The van der Waals surface area contributed by atoms with Crippen LogP contribution in [0.1, 0.15) is 43.9 Å². The Labute approximate surface area is 157 Å². The highest BCUT2D eigenvalue weighted by Gasteiger charge is 2.15. The Balaban J connectivity index is 1.73. The van der Waals surface area contributed by atoms with Crippen LogP contribution in [0.4, 0.5) is 0 Å². The first kappa shape index (κ1) is 19.2. The molecule has 0 unspecified atom stereocenters. The van der Waals surface area contributed by atoms with Crippen LogP contribution < -0.4 is 10.6 Å². The van der Waals surface area contributed by atoms with Crippen molar-refractivity contribution < 1.29 is 4.79 Å². The average Bonchev–Trinajstić information content (AvgIpc) is 2.87. The number of guanidine groups is 1. The highest BCUT2D eigenvalue weighted by atomic mass is 79.9. The van der Waals surface area contributed by atoms with Gasteiger partial charge >= 0.3 is 0 Å². The zero-order valence-electron chi connectivity index (χ0n) is 14.3. The molecule has 0 aliphatic carbocycles. The van der Waals surface area contributed by atoms with Crippen molar-refractivity contribution in [2.24, 2.45) is 4.99 Å². The maximum atomic E-state index is 12.0. The molecule has 0 atom stereocenters. The van der Waals surface area contributed by atoms with Crippen molar-refractivity contribution in [3.63, 3.8) is 0 Å². The fourth-order valence-corrected chi connectivity index (χ4v) is 4.06. The molecule has 1 amide bonds. The SMILES string of the molecule is CCNC(=NCc1cc(Br)cs1)NCCCN1CCCCCC1=O. The van der Waals surface area contributed by atoms with Gasteiger partial charge in [0.15, 0.2) is 5.96 Å². The van der Waals surface area contributed by atoms with E-state index in [0.717, 1.165) is 55.9 Å². The van der Waals surface area contributed by atoms with Gasteiger partial charge in [0.1, 0.15) is 0 Å². The Morgan fingerprint density at radius 2 is 2.25 bits per heavy atom. The van der Waals surface area contributed by atoms with Gasteiger partial charge in [0.05, 0.1) is 6.54 Å². The van der Waals surface area contributed by atoms with Crippen molar-refractivity contribution in [3.8, 4) is 0 Å². The van der Waals surface area contributed by atoms with Crippen molar-refractivity contribution in [2.75, 3.05) is 26.2 Å². The Kier molecular flexibility index (Phi) is 8.59. The molecule has 2 heterocycles. The largest absolute Gasteiger partial charge is 0.357 e. The first-order chi connectivity index (χ1) is 11.7. The van der Waals surface area contributed by atoms with E-state index in [9.17, 15) is 4.79 Å². The van der Waals surface area contributed by atoms with E-state index >= 15 is 0 Å². The maximum absolute atomic E-state index is 12.0. The molecular weight excluding hydrogens is 388 g/mol. The van der Waals surface area contributed by atoms with Crippen LogP contribution in [-0.2, 0) is 11.3 Å². The molecule has 7 heteroatoms. The number of likely N-dealkylation sites (tertiary alicyclic amines) is 1. The smallest absolute Gasteiger partial charge is 0.222 e. The van der Waals surface area contributed by atoms with Gasteiger partial charge in [-0.1, -0.05) is 6.42 Å². The van der Waals surface area contributed by atoms with Crippen molar-refractivity contribution in [1.29, 1.82) is 0 Å². The lowest BCUT2D eigenvalue weighted by Gasteiger charge is -2.20. The molecule has 0 aromatic carbocycles. The van der Waals surface area contributed by atoms with E-state index < -0.39 is 0 Å². The van der Waals surface area contributed by atoms with E-state index in [4.69, 9.17) is 0 Å². The number of nitrogens with one attached hydrogen (secondary N) is 2. The summed E-state index contributed by atoms with van der Waals surface area (Å²) in [4.78, 5) is 19.8. The first-order valence-corrected chi connectivity index (χ1v) is 10.4. The third-order valence-corrected chi connectivity index (χ3v) is 5.61. The quantitative estimate of drug-likeness (QED) is 0.408. The minimum absolute atomic E-state index is 0.316. The lowest BCUT2D eigenvalue weighted by atomic mass is 10.2. The number of carbonyl (C=O) groups excluding carboxylic acids is 1. The lowest BCUT2D eigenvalue weighted by molar-refractivity contribution is -0.130. The number of thiophene rings is 1. The number of halogens is 1. The van der Waals surface area contributed by atoms with Crippen LogP contribution in [0.5, 0.6) is 0 Å². The van der Waals surface area contributed by atoms with E-state index in [-0.39, 0.29) is 0 Å². The highest BCUT2D eigenvalue weighted by molar-refractivity contribution is 9.10. The zero-order chi connectivity index (χ0) is 17.2. The zero-order valence-corrected chi connectivity index (χ0v) is 16.7. The van der Waals surface area contributed by atoms with Crippen LogP contribution >= 0.6 is 27.3 Å². The van der Waals surface area contributed by atoms with Crippen molar-refractivity contribution in [1.82, 2.24) is 15.5 Å². The number of rotatable bonds is 7. The number of hydrogen-bond donors (Lipinski definition) is 2. The highest BCUT2D eigenvalue weighted by Crippen LogP contribution is 2.20. The second kappa shape index (κ2) is 10.7. The van der Waals surface area contributed by atoms with Crippen molar-refractivity contribution in [2.45, 2.75) is 45.6 Å². The average molecular weight is 415 g/mol. The molecule has 5 nitrogen and oxygen atoms in total. The van der Waals surface area contributed by atoms with E-state index in [1.807, 2.05) is 4.90 Å². The van der Waals surface area contributed by atoms with Gasteiger partial charge < -0.3 is 15.5 Å². The van der Waals surface area contributed by atoms with Crippen LogP contribution in [0.25, 0.3) is 0 Å². The standard InChI is InChI=1S/C17H27BrN4OS/c1-2-19-17(21-12-15-11-14(18)13-24-15)20-8-6-10-22-9-5-3-4-7-16(22)23/h11,13H,2-10,12H2,1H3,(H2,19,20,21). The van der Waals surface area contributed by atoms with E-state index in [2.05, 4.69) is 49.9 Å². The molecular formula is C17H27BrN4OS. The summed E-state index contributed by atoms with van der Waals surface area (Å²) < 4.78 is 1.11. The summed E-state index contributed by atoms with van der Waals surface area (Å²) in [5.41, 5.74) is 0. The minimum Gasteiger partial charge on any atom is -0.357 e. The molecule has 1 fully saturated rings. The fraction of sp³-hybridized carbons (Fsp3) is 0.647. The molecule has 0 radical (unpaired) electrons. The van der Waals surface area contributed by atoms with Crippen LogP contribution in [0.15, 0.2) is 20.9 Å². The lowest BCUT2D eigenvalue weighted by Crippen LogP contribution is -2.39. The molecule has 2 N–H and O–H groups in total. The van der Waals surface area contributed by atoms with Gasteiger partial charge in [-0.3, -0.25) is 4.79 Å². The predicted molar refractivity (Wildman–Crippen MR) is 105 cm³/mol. The molecule has 0 bridgehead atoms. The second-order valence-electron chi connectivity index (χ2n) is 5.90. The van der Waals surface area contributed by atoms with E-state index in [0.29, 0.717) is 18.9 Å². The minimum atomic E-state index is 0.316. The molecule has 1 saturated heterocycles. The Bertz CT molecular complexity index is 546. The molecule has 1 aromatic heterocycles. The third-order valence-electron chi connectivity index (χ3n) is 3.93. The molecule has 1 aliphatic heterocycles. The Hall–Kier alpha value is -1.08. The van der Waals surface area contributed by atoms with Gasteiger partial charge in [-0.25, -0.2) is 4.99 Å². The molecule has 24 heavy (non-hydrogen) atoms. The molecule has 1 aliphatic rings. The Morgan fingerprint density at radius 1 is 1.38 bits per heavy atom. The molecule has 0 spiro atoms. The summed E-state index contributed by atoms with van der Waals surface area (Å²) in [5.74, 6) is 1.15. The van der Waals surface area contributed by atoms with Gasteiger partial charge in [-0.2, -0.15) is 0 Å². The monoisotopic (exact) mass is 414 g/mol. The number of hydrogen-bond acceptors (Lipinski definition) is 3. The number of aliphatic imine (C=N–C) groups is 1. The van der Waals surface area contributed by atoms with Crippen molar-refractivity contribution in [3.05, 3.63) is 20.8 Å². The predicted octanol–water partition coefficient (Wildman–Crippen LogP) is 3.36. The first-order valence-electron chi connectivity index (χ1n) is 8.72. The van der Waals surface area contributed by atoms with Crippen LogP contribution in [0, 0.1) is 0 Å². The molecule has 134 valence electrons. The van der Waals surface area contributed by atoms with Gasteiger partial charge in [0.25, 0.3) is 0 Å². The summed E-state index contributed by atoms with van der Waals surface area (Å²) in [6.45, 7) is 6.16. The van der Waals surface area contributed by atoms with Crippen LogP contribution in [0.3, 0.4) is 0 Å². The summed E-state index contributed by atoms with van der Waals surface area (Å²) in [6.07, 6.45) is 5.02. The van der Waals surface area contributed by atoms with E-state index in [1.165, 1.54) is 11.3 Å². The topological polar surface area (TPSA) is 56.7 Å². The third kappa shape index (κ3) is 6.81. The van der Waals surface area contributed by atoms with E-state index in [1.54, 1.807) is 11.3 Å². The summed E-state index contributed by atoms with van der Waals surface area (Å²) in [7, 11) is 0.